The van der Waals surface area contributed by atoms with Crippen LogP contribution in [0, 0.1) is 11.8 Å². The first-order chi connectivity index (χ1) is 10.3. The van der Waals surface area contributed by atoms with Gasteiger partial charge in [-0.1, -0.05) is 45.9 Å². The third-order valence-corrected chi connectivity index (χ3v) is 5.21. The molecule has 1 aromatic carbocycles. The smallest absolute Gasteiger partial charge is 0.245 e. The lowest BCUT2D eigenvalue weighted by Crippen LogP contribution is -2.37. The van der Waals surface area contributed by atoms with Crippen molar-refractivity contribution in [2.24, 2.45) is 11.8 Å². The average molecular weight is 320 g/mol. The lowest BCUT2D eigenvalue weighted by Gasteiger charge is -2.26. The largest absolute Gasteiger partial charge is 0.255 e. The Balaban J connectivity index is 2.54. The molecule has 0 spiro atoms. The van der Waals surface area contributed by atoms with Gasteiger partial charge in [-0.15, -0.1) is 0 Å². The summed E-state index contributed by atoms with van der Waals surface area (Å²) in [7, 11) is -3.55. The van der Waals surface area contributed by atoms with Gasteiger partial charge in [0.1, 0.15) is 4.90 Å². The Morgan fingerprint density at radius 2 is 1.59 bits per heavy atom. The molecule has 0 aliphatic heterocycles. The predicted octanol–water partition coefficient (Wildman–Crippen LogP) is 3.54. The minimum absolute atomic E-state index is 0.275. The van der Waals surface area contributed by atoms with Crippen molar-refractivity contribution in [3.05, 3.63) is 36.5 Å². The van der Waals surface area contributed by atoms with E-state index in [1.54, 1.807) is 22.6 Å². The summed E-state index contributed by atoms with van der Waals surface area (Å²) in [5.41, 5.74) is 0.544. The van der Waals surface area contributed by atoms with Crippen LogP contribution in [0.4, 0.5) is 0 Å². The molecule has 0 amide bonds. The summed E-state index contributed by atoms with van der Waals surface area (Å²) >= 11 is 0. The molecule has 0 radical (unpaired) electrons. The summed E-state index contributed by atoms with van der Waals surface area (Å²) in [6.07, 6.45) is 1.64. The van der Waals surface area contributed by atoms with E-state index in [-0.39, 0.29) is 11.8 Å². The number of fused-ring (bicyclic) bond motifs is 1. The second kappa shape index (κ2) is 6.75. The first kappa shape index (κ1) is 16.9. The molecule has 0 saturated heterocycles. The van der Waals surface area contributed by atoms with Crippen molar-refractivity contribution in [3.8, 4) is 0 Å². The van der Waals surface area contributed by atoms with Gasteiger partial charge in [0.05, 0.1) is 5.52 Å². The minimum atomic E-state index is -3.55. The van der Waals surface area contributed by atoms with Crippen LogP contribution in [0.1, 0.15) is 27.7 Å². The zero-order chi connectivity index (χ0) is 16.3. The van der Waals surface area contributed by atoms with Gasteiger partial charge >= 0.3 is 0 Å². The molecule has 0 fully saturated rings. The molecule has 0 saturated carbocycles. The van der Waals surface area contributed by atoms with Crippen molar-refractivity contribution < 1.29 is 8.42 Å². The molecular formula is C17H24N2O2S. The molecular weight excluding hydrogens is 296 g/mol. The van der Waals surface area contributed by atoms with Crippen molar-refractivity contribution in [1.82, 2.24) is 9.29 Å². The van der Waals surface area contributed by atoms with Gasteiger partial charge in [0.25, 0.3) is 0 Å². The first-order valence-corrected chi connectivity index (χ1v) is 9.10. The van der Waals surface area contributed by atoms with Crippen LogP contribution in [0.2, 0.25) is 0 Å². The second-order valence-corrected chi connectivity index (χ2v) is 8.35. The van der Waals surface area contributed by atoms with E-state index in [1.165, 1.54) is 0 Å². The van der Waals surface area contributed by atoms with E-state index in [9.17, 15) is 8.42 Å². The lowest BCUT2D eigenvalue weighted by molar-refractivity contribution is 0.333. The fraction of sp³-hybridized carbons (Fsp3) is 0.471. The normalized spacial score (nSPS) is 12.7. The van der Waals surface area contributed by atoms with Gasteiger partial charge in [-0.05, 0) is 24.0 Å². The molecule has 0 bridgehead atoms. The fourth-order valence-electron chi connectivity index (χ4n) is 2.51. The Bertz CT molecular complexity index is 724. The van der Waals surface area contributed by atoms with Gasteiger partial charge in [0.2, 0.25) is 10.0 Å². The van der Waals surface area contributed by atoms with Crippen LogP contribution in [-0.2, 0) is 10.0 Å². The number of rotatable bonds is 6. The van der Waals surface area contributed by atoms with Crippen LogP contribution < -0.4 is 0 Å². The number of benzene rings is 1. The Morgan fingerprint density at radius 1 is 1.00 bits per heavy atom. The number of hydrogen-bond donors (Lipinski definition) is 0. The average Bonchev–Trinajstić information content (AvgIpc) is 2.45. The first-order valence-electron chi connectivity index (χ1n) is 7.66. The summed E-state index contributed by atoms with van der Waals surface area (Å²) in [6, 6.07) is 9.02. The molecule has 2 aromatic rings. The summed E-state index contributed by atoms with van der Waals surface area (Å²) in [5, 5.41) is 0.845. The van der Waals surface area contributed by atoms with Crippen molar-refractivity contribution in [3.63, 3.8) is 0 Å². The molecule has 0 aliphatic rings. The number of hydrogen-bond acceptors (Lipinski definition) is 3. The standard InChI is InChI=1S/C17H24N2O2S/c1-13(2)11-19(12-14(3)4)22(20,21)16-9-5-7-15-8-6-10-18-17(15)16/h5-10,13-14H,11-12H2,1-4H3. The van der Waals surface area contributed by atoms with E-state index < -0.39 is 10.0 Å². The van der Waals surface area contributed by atoms with E-state index in [2.05, 4.69) is 4.98 Å². The van der Waals surface area contributed by atoms with Crippen LogP contribution in [0.5, 0.6) is 0 Å². The van der Waals surface area contributed by atoms with Crippen molar-refractivity contribution in [2.45, 2.75) is 32.6 Å². The van der Waals surface area contributed by atoms with Crippen LogP contribution in [0.25, 0.3) is 10.9 Å². The third kappa shape index (κ3) is 3.65. The van der Waals surface area contributed by atoms with Crippen LogP contribution in [-0.4, -0.2) is 30.8 Å². The highest BCUT2D eigenvalue weighted by atomic mass is 32.2. The molecule has 0 N–H and O–H groups in total. The number of nitrogens with zero attached hydrogens (tertiary/aromatic N) is 2. The SMILES string of the molecule is CC(C)CN(CC(C)C)S(=O)(=O)c1cccc2cccnc12. The van der Waals surface area contributed by atoms with E-state index in [0.29, 0.717) is 23.5 Å². The van der Waals surface area contributed by atoms with Crippen LogP contribution >= 0.6 is 0 Å². The van der Waals surface area contributed by atoms with Crippen LogP contribution in [0.15, 0.2) is 41.4 Å². The minimum Gasteiger partial charge on any atom is -0.255 e. The zero-order valence-corrected chi connectivity index (χ0v) is 14.5. The zero-order valence-electron chi connectivity index (χ0n) is 13.7. The maximum Gasteiger partial charge on any atom is 0.245 e. The molecule has 0 aliphatic carbocycles. The molecule has 1 heterocycles. The maximum absolute atomic E-state index is 13.1. The quantitative estimate of drug-likeness (QED) is 0.818. The number of pyridine rings is 1. The summed E-state index contributed by atoms with van der Waals surface area (Å²) < 4.78 is 27.8. The molecule has 2 rings (SSSR count). The Morgan fingerprint density at radius 3 is 2.18 bits per heavy atom. The molecule has 5 heteroatoms. The molecule has 0 unspecified atom stereocenters. The molecule has 120 valence electrons. The number of sulfonamides is 1. The summed E-state index contributed by atoms with van der Waals surface area (Å²) in [5.74, 6) is 0.549. The van der Waals surface area contributed by atoms with Gasteiger partial charge in [-0.2, -0.15) is 4.31 Å². The fourth-order valence-corrected chi connectivity index (χ4v) is 4.44. The highest BCUT2D eigenvalue weighted by Crippen LogP contribution is 2.25. The second-order valence-electron chi connectivity index (χ2n) is 6.44. The van der Waals surface area contributed by atoms with Crippen molar-refractivity contribution >= 4 is 20.9 Å². The van der Waals surface area contributed by atoms with Gasteiger partial charge in [0.15, 0.2) is 0 Å². The lowest BCUT2D eigenvalue weighted by atomic mass is 10.2. The van der Waals surface area contributed by atoms with Gasteiger partial charge < -0.3 is 0 Å². The van der Waals surface area contributed by atoms with Crippen molar-refractivity contribution in [1.29, 1.82) is 0 Å². The maximum atomic E-state index is 13.1. The topological polar surface area (TPSA) is 50.3 Å². The number of aromatic nitrogens is 1. The monoisotopic (exact) mass is 320 g/mol. The molecule has 22 heavy (non-hydrogen) atoms. The summed E-state index contributed by atoms with van der Waals surface area (Å²) in [4.78, 5) is 4.58. The van der Waals surface area contributed by atoms with Gasteiger partial charge in [-0.3, -0.25) is 4.98 Å². The molecule has 4 nitrogen and oxygen atoms in total. The summed E-state index contributed by atoms with van der Waals surface area (Å²) in [6.45, 7) is 9.16. The highest BCUT2D eigenvalue weighted by Gasteiger charge is 2.27. The Labute approximate surface area is 133 Å². The van der Waals surface area contributed by atoms with E-state index in [1.807, 2.05) is 45.9 Å². The molecule has 1 aromatic heterocycles. The Kier molecular flexibility index (Phi) is 5.19. The van der Waals surface area contributed by atoms with E-state index in [0.717, 1.165) is 5.39 Å². The number of para-hydroxylation sites is 1. The van der Waals surface area contributed by atoms with E-state index in [4.69, 9.17) is 0 Å². The predicted molar refractivity (Wildman–Crippen MR) is 90.2 cm³/mol. The van der Waals surface area contributed by atoms with Crippen LogP contribution in [0.3, 0.4) is 0 Å². The Hall–Kier alpha value is -1.46. The molecule has 0 atom stereocenters. The van der Waals surface area contributed by atoms with Gasteiger partial charge in [-0.25, -0.2) is 8.42 Å². The van der Waals surface area contributed by atoms with E-state index >= 15 is 0 Å². The highest BCUT2D eigenvalue weighted by molar-refractivity contribution is 7.89. The third-order valence-electron chi connectivity index (χ3n) is 3.35. The van der Waals surface area contributed by atoms with Crippen molar-refractivity contribution in [2.75, 3.05) is 13.1 Å². The van der Waals surface area contributed by atoms with Gasteiger partial charge in [0, 0.05) is 24.7 Å².